The second-order valence-corrected chi connectivity index (χ2v) is 9.57. The van der Waals surface area contributed by atoms with Gasteiger partial charge in [-0.15, -0.1) is 0 Å². The van der Waals surface area contributed by atoms with Crippen LogP contribution in [-0.2, 0) is 10.2 Å². The van der Waals surface area contributed by atoms with Crippen molar-refractivity contribution in [2.45, 2.75) is 13.3 Å². The molecule has 13 heteroatoms. The van der Waals surface area contributed by atoms with Crippen molar-refractivity contribution in [3.8, 4) is 23.0 Å². The zero-order valence-electron chi connectivity index (χ0n) is 17.9. The number of aromatic nitrogens is 4. The molecule has 0 aliphatic carbocycles. The van der Waals surface area contributed by atoms with E-state index in [2.05, 4.69) is 61.2 Å². The smallest absolute Gasteiger partial charge is 0.316 e. The normalized spacial score (nSPS) is 11.7. The average molecular weight is 589 g/mol. The zero-order valence-corrected chi connectivity index (χ0v) is 20.9. The Morgan fingerprint density at radius 2 is 1.69 bits per heavy atom. The molecule has 0 unspecified atom stereocenters. The average Bonchev–Trinajstić information content (AvgIpc) is 2.77. The van der Waals surface area contributed by atoms with E-state index < -0.39 is 16.5 Å². The minimum Gasteiger partial charge on any atom is -0.473 e. The van der Waals surface area contributed by atoms with Crippen LogP contribution in [0.4, 0.5) is 5.82 Å². The van der Waals surface area contributed by atoms with Crippen molar-refractivity contribution < 1.29 is 19.3 Å². The number of rotatable bonds is 11. The summed E-state index contributed by atoms with van der Waals surface area (Å²) in [5.41, 5.74) is 0.888. The second kappa shape index (κ2) is 11.5. The van der Waals surface area contributed by atoms with Crippen LogP contribution in [0.5, 0.6) is 11.9 Å². The van der Waals surface area contributed by atoms with Crippen molar-refractivity contribution in [3.05, 3.63) is 51.9 Å². The van der Waals surface area contributed by atoms with Crippen LogP contribution in [0, 0.1) is 0 Å². The molecular formula is C19H20Br2N6O4S. The Labute approximate surface area is 204 Å². The van der Waals surface area contributed by atoms with Crippen LogP contribution in [0.25, 0.3) is 11.1 Å². The molecular weight excluding hydrogens is 568 g/mol. The SMILES string of the molecule is [2H]c1nc(NS(=O)(=O)NCCC)c(-c2ccc(Br)cc2)c(OCCOc2ncc(Br)cn2)n1. The Kier molecular flexibility index (Phi) is 8.20. The fraction of sp³-hybridized carbons (Fsp3) is 0.263. The molecule has 3 aromatic rings. The van der Waals surface area contributed by atoms with E-state index in [9.17, 15) is 8.42 Å². The van der Waals surface area contributed by atoms with Crippen molar-refractivity contribution in [1.82, 2.24) is 24.7 Å². The summed E-state index contributed by atoms with van der Waals surface area (Å²) < 4.78 is 50.3. The molecule has 2 heterocycles. The second-order valence-electron chi connectivity index (χ2n) is 6.24. The van der Waals surface area contributed by atoms with Crippen molar-refractivity contribution in [2.24, 2.45) is 0 Å². The standard InChI is InChI=1S/C19H20Br2N6O4S/c1-2-7-26-32(28,29)27-17-16(13-3-5-14(20)6-4-13)18(25-12-24-17)30-8-9-31-19-22-10-15(21)11-23-19/h3-6,10-12,26H,2,7-9H2,1H3,(H,24,25,27)/i12D. The lowest BCUT2D eigenvalue weighted by atomic mass is 10.1. The van der Waals surface area contributed by atoms with Gasteiger partial charge in [0.1, 0.15) is 20.9 Å². The highest BCUT2D eigenvalue weighted by atomic mass is 79.9. The largest absolute Gasteiger partial charge is 0.473 e. The maximum Gasteiger partial charge on any atom is 0.316 e. The summed E-state index contributed by atoms with van der Waals surface area (Å²) in [6, 6.07) is 7.25. The predicted octanol–water partition coefficient (Wildman–Crippen LogP) is 3.57. The molecule has 0 fully saturated rings. The van der Waals surface area contributed by atoms with Gasteiger partial charge in [0.05, 0.1) is 10.0 Å². The van der Waals surface area contributed by atoms with Crippen molar-refractivity contribution in [2.75, 3.05) is 24.5 Å². The molecule has 0 saturated heterocycles. The lowest BCUT2D eigenvalue weighted by Gasteiger charge is -2.15. The maximum atomic E-state index is 12.4. The Morgan fingerprint density at radius 3 is 2.38 bits per heavy atom. The third kappa shape index (κ3) is 7.08. The first-order chi connectivity index (χ1) is 15.8. The first-order valence-electron chi connectivity index (χ1n) is 9.92. The highest BCUT2D eigenvalue weighted by Crippen LogP contribution is 2.34. The summed E-state index contributed by atoms with van der Waals surface area (Å²) >= 11 is 6.62. The molecule has 2 N–H and O–H groups in total. The van der Waals surface area contributed by atoms with Gasteiger partial charge in [0, 0.05) is 23.4 Å². The molecule has 3 rings (SSSR count). The van der Waals surface area contributed by atoms with Gasteiger partial charge in [0.2, 0.25) is 5.88 Å². The number of ether oxygens (including phenoxy) is 2. The van der Waals surface area contributed by atoms with E-state index >= 15 is 0 Å². The molecule has 170 valence electrons. The molecule has 0 amide bonds. The number of nitrogens with one attached hydrogen (secondary N) is 2. The van der Waals surface area contributed by atoms with E-state index in [0.717, 1.165) is 8.95 Å². The summed E-state index contributed by atoms with van der Waals surface area (Å²) in [6.07, 6.45) is 3.31. The topological polar surface area (TPSA) is 128 Å². The molecule has 0 aliphatic heterocycles. The number of hydrogen-bond acceptors (Lipinski definition) is 8. The van der Waals surface area contributed by atoms with Gasteiger partial charge in [0.25, 0.3) is 10.2 Å². The van der Waals surface area contributed by atoms with Crippen LogP contribution in [0.15, 0.2) is 51.9 Å². The summed E-state index contributed by atoms with van der Waals surface area (Å²) in [7, 11) is -3.92. The Balaban J connectivity index is 1.86. The first-order valence-corrected chi connectivity index (χ1v) is 12.5. The minimum absolute atomic E-state index is 0.0332. The minimum atomic E-state index is -3.92. The highest BCUT2D eigenvalue weighted by molar-refractivity contribution is 9.10. The fourth-order valence-corrected chi connectivity index (χ4v) is 3.85. The predicted molar refractivity (Wildman–Crippen MR) is 127 cm³/mol. The number of halogens is 2. The van der Waals surface area contributed by atoms with E-state index in [4.69, 9.17) is 10.8 Å². The van der Waals surface area contributed by atoms with Crippen molar-refractivity contribution in [1.29, 1.82) is 0 Å². The number of nitrogens with zero attached hydrogens (tertiary/aromatic N) is 4. The molecule has 1 aromatic carbocycles. The molecule has 0 spiro atoms. The van der Waals surface area contributed by atoms with E-state index in [1.165, 1.54) is 0 Å². The lowest BCUT2D eigenvalue weighted by Crippen LogP contribution is -2.31. The molecule has 0 atom stereocenters. The van der Waals surface area contributed by atoms with E-state index in [-0.39, 0.29) is 37.5 Å². The molecule has 32 heavy (non-hydrogen) atoms. The summed E-state index contributed by atoms with van der Waals surface area (Å²) in [5.74, 6) is -0.0427. The van der Waals surface area contributed by atoms with Gasteiger partial charge >= 0.3 is 6.01 Å². The van der Waals surface area contributed by atoms with Crippen LogP contribution < -0.4 is 18.9 Å². The maximum absolute atomic E-state index is 12.4. The molecule has 0 saturated carbocycles. The lowest BCUT2D eigenvalue weighted by molar-refractivity contribution is 0.202. The summed E-state index contributed by atoms with van der Waals surface area (Å²) in [6.45, 7) is 2.23. The van der Waals surface area contributed by atoms with E-state index in [1.807, 2.05) is 6.92 Å². The van der Waals surface area contributed by atoms with Gasteiger partial charge in [-0.25, -0.2) is 19.9 Å². The monoisotopic (exact) mass is 587 g/mol. The quantitative estimate of drug-likeness (QED) is 0.325. The molecule has 0 radical (unpaired) electrons. The zero-order chi connectivity index (χ0) is 23.8. The first kappa shape index (κ1) is 22.8. The van der Waals surface area contributed by atoms with Crippen LogP contribution in [0.3, 0.4) is 0 Å². The van der Waals surface area contributed by atoms with E-state index in [0.29, 0.717) is 17.5 Å². The van der Waals surface area contributed by atoms with Crippen LogP contribution in [0.2, 0.25) is 0 Å². The fourth-order valence-electron chi connectivity index (χ4n) is 2.43. The van der Waals surface area contributed by atoms with Gasteiger partial charge in [-0.1, -0.05) is 35.0 Å². The van der Waals surface area contributed by atoms with Crippen molar-refractivity contribution in [3.63, 3.8) is 0 Å². The molecule has 10 nitrogen and oxygen atoms in total. The molecule has 0 bridgehead atoms. The van der Waals surface area contributed by atoms with Crippen molar-refractivity contribution >= 4 is 47.9 Å². The van der Waals surface area contributed by atoms with Crippen LogP contribution >= 0.6 is 31.9 Å². The van der Waals surface area contributed by atoms with Gasteiger partial charge in [0.15, 0.2) is 5.82 Å². The summed E-state index contributed by atoms with van der Waals surface area (Å²) in [4.78, 5) is 16.1. The van der Waals surface area contributed by atoms with Gasteiger partial charge in [-0.3, -0.25) is 4.72 Å². The van der Waals surface area contributed by atoms with Crippen LogP contribution in [0.1, 0.15) is 14.7 Å². The number of hydrogen-bond donors (Lipinski definition) is 2. The van der Waals surface area contributed by atoms with Gasteiger partial charge in [-0.2, -0.15) is 13.1 Å². The number of benzene rings is 1. The van der Waals surface area contributed by atoms with E-state index in [1.54, 1.807) is 36.7 Å². The third-order valence-corrected chi connectivity index (χ3v) is 5.80. The molecule has 0 aliphatic rings. The Morgan fingerprint density at radius 1 is 1.00 bits per heavy atom. The molecule has 2 aromatic heterocycles. The Bertz CT molecular complexity index is 1180. The highest BCUT2D eigenvalue weighted by Gasteiger charge is 2.19. The summed E-state index contributed by atoms with van der Waals surface area (Å²) in [5, 5.41) is 0. The van der Waals surface area contributed by atoms with Gasteiger partial charge < -0.3 is 9.47 Å². The number of anilines is 1. The van der Waals surface area contributed by atoms with Gasteiger partial charge in [-0.05, 0) is 40.0 Å². The third-order valence-electron chi connectivity index (χ3n) is 3.82. The van der Waals surface area contributed by atoms with Crippen LogP contribution in [-0.4, -0.2) is 48.1 Å². The Hall–Kier alpha value is -2.35.